The Morgan fingerprint density at radius 3 is 2.88 bits per heavy atom. The van der Waals surface area contributed by atoms with Gasteiger partial charge in [-0.25, -0.2) is 9.97 Å². The van der Waals surface area contributed by atoms with Gasteiger partial charge in [0, 0.05) is 19.8 Å². The van der Waals surface area contributed by atoms with Crippen molar-refractivity contribution in [3.05, 3.63) is 16.5 Å². The molecule has 1 aromatic rings. The molecule has 0 bridgehead atoms. The average Bonchev–Trinajstić information content (AvgIpc) is 2.24. The van der Waals surface area contributed by atoms with Crippen molar-refractivity contribution in [2.75, 3.05) is 19.0 Å². The van der Waals surface area contributed by atoms with E-state index in [2.05, 4.69) is 15.3 Å². The fourth-order valence-corrected chi connectivity index (χ4v) is 1.46. The van der Waals surface area contributed by atoms with Gasteiger partial charge in [-0.15, -0.1) is 0 Å². The topological polar surface area (TPSA) is 90.1 Å². The smallest absolute Gasteiger partial charge is 0.242 e. The number of aromatic nitrogens is 2. The first kappa shape index (κ1) is 14.1. The fraction of sp³-hybridized carbons (Fsp3) is 0.444. The van der Waals surface area contributed by atoms with E-state index in [1.807, 2.05) is 0 Å². The molecular formula is C9H12Cl2N4O2. The van der Waals surface area contributed by atoms with Crippen LogP contribution in [0, 0.1) is 0 Å². The molecule has 1 rings (SSSR count). The van der Waals surface area contributed by atoms with E-state index in [4.69, 9.17) is 33.7 Å². The largest absolute Gasteiger partial charge is 0.385 e. The highest BCUT2D eigenvalue weighted by atomic mass is 35.5. The summed E-state index contributed by atoms with van der Waals surface area (Å²) < 4.78 is 4.82. The van der Waals surface area contributed by atoms with Crippen molar-refractivity contribution >= 4 is 34.9 Å². The summed E-state index contributed by atoms with van der Waals surface area (Å²) in [6, 6.07) is 0.705. The summed E-state index contributed by atoms with van der Waals surface area (Å²) in [6.45, 7) is 0.403. The van der Waals surface area contributed by atoms with Crippen LogP contribution in [0.3, 0.4) is 0 Å². The number of ether oxygens (including phenoxy) is 1. The van der Waals surface area contributed by atoms with Crippen molar-refractivity contribution in [1.82, 2.24) is 9.97 Å². The molecule has 0 aliphatic carbocycles. The predicted octanol–water partition coefficient (Wildman–Crippen LogP) is 1.09. The number of halogens is 2. The average molecular weight is 279 g/mol. The number of amides is 1. The number of rotatable bonds is 5. The number of methoxy groups -OCH3 is 1. The van der Waals surface area contributed by atoms with Gasteiger partial charge in [0.2, 0.25) is 11.2 Å². The van der Waals surface area contributed by atoms with Crippen molar-refractivity contribution < 1.29 is 9.53 Å². The minimum Gasteiger partial charge on any atom is -0.385 e. The number of nitrogens with zero attached hydrogens (tertiary/aromatic N) is 2. The second kappa shape index (κ2) is 6.70. The van der Waals surface area contributed by atoms with Gasteiger partial charge in [-0.2, -0.15) is 0 Å². The molecule has 1 atom stereocenters. The molecule has 8 heteroatoms. The van der Waals surface area contributed by atoms with Gasteiger partial charge < -0.3 is 15.8 Å². The van der Waals surface area contributed by atoms with Crippen LogP contribution in [-0.2, 0) is 9.53 Å². The SMILES string of the molecule is COCCC(N)C(=O)Nc1cc(Cl)nc(Cl)n1. The molecule has 0 saturated carbocycles. The quantitative estimate of drug-likeness (QED) is 0.622. The van der Waals surface area contributed by atoms with Gasteiger partial charge >= 0.3 is 0 Å². The maximum absolute atomic E-state index is 11.6. The summed E-state index contributed by atoms with van der Waals surface area (Å²) in [5.74, 6) is -0.166. The standard InChI is InChI=1S/C9H12Cl2N4O2/c1-17-3-2-5(12)8(16)14-7-4-6(10)13-9(11)15-7/h4-5H,2-3,12H2,1H3,(H,13,14,15,16). The van der Waals surface area contributed by atoms with Gasteiger partial charge in [0.1, 0.15) is 11.0 Å². The Hall–Kier alpha value is -0.950. The molecule has 1 unspecified atom stereocenters. The molecule has 0 aliphatic heterocycles. The number of carbonyl (C=O) groups is 1. The molecular weight excluding hydrogens is 267 g/mol. The highest BCUT2D eigenvalue weighted by Gasteiger charge is 2.14. The third kappa shape index (κ3) is 4.82. The summed E-state index contributed by atoms with van der Waals surface area (Å²) in [5, 5.41) is 2.59. The zero-order valence-electron chi connectivity index (χ0n) is 9.11. The molecule has 0 fully saturated rings. The molecule has 3 N–H and O–H groups in total. The zero-order chi connectivity index (χ0) is 12.8. The Bertz CT molecular complexity index is 382. The molecule has 1 amide bonds. The minimum absolute atomic E-state index is 0.0433. The van der Waals surface area contributed by atoms with Gasteiger partial charge in [0.15, 0.2) is 0 Å². The van der Waals surface area contributed by atoms with Crippen LogP contribution in [0.2, 0.25) is 10.4 Å². The highest BCUT2D eigenvalue weighted by Crippen LogP contribution is 2.14. The van der Waals surface area contributed by atoms with Gasteiger partial charge in [-0.05, 0) is 18.0 Å². The van der Waals surface area contributed by atoms with Crippen molar-refractivity contribution in [2.45, 2.75) is 12.5 Å². The van der Waals surface area contributed by atoms with E-state index >= 15 is 0 Å². The van der Waals surface area contributed by atoms with E-state index in [0.717, 1.165) is 0 Å². The number of anilines is 1. The lowest BCUT2D eigenvalue weighted by Crippen LogP contribution is -2.36. The maximum Gasteiger partial charge on any atom is 0.242 e. The van der Waals surface area contributed by atoms with E-state index in [1.54, 1.807) is 0 Å². The third-order valence-corrected chi connectivity index (χ3v) is 2.25. The lowest BCUT2D eigenvalue weighted by Gasteiger charge is -2.11. The summed E-state index contributed by atoms with van der Waals surface area (Å²) in [5.41, 5.74) is 5.63. The Balaban J connectivity index is 2.61. The third-order valence-electron chi connectivity index (χ3n) is 1.89. The minimum atomic E-state index is -0.678. The molecule has 6 nitrogen and oxygen atoms in total. The summed E-state index contributed by atoms with van der Waals surface area (Å²) in [4.78, 5) is 19.0. The number of hydrogen-bond acceptors (Lipinski definition) is 5. The van der Waals surface area contributed by atoms with Gasteiger partial charge in [0.05, 0.1) is 6.04 Å². The van der Waals surface area contributed by atoms with Gasteiger partial charge in [0.25, 0.3) is 0 Å². The van der Waals surface area contributed by atoms with E-state index in [0.29, 0.717) is 13.0 Å². The van der Waals surface area contributed by atoms with Crippen molar-refractivity contribution in [3.8, 4) is 0 Å². The van der Waals surface area contributed by atoms with Crippen LogP contribution in [0.15, 0.2) is 6.07 Å². The molecule has 1 heterocycles. The number of carbonyl (C=O) groups excluding carboxylic acids is 1. The molecule has 0 radical (unpaired) electrons. The van der Waals surface area contributed by atoms with Crippen LogP contribution in [0.4, 0.5) is 5.82 Å². The van der Waals surface area contributed by atoms with E-state index in [-0.39, 0.29) is 22.2 Å². The molecule has 94 valence electrons. The number of nitrogens with one attached hydrogen (secondary N) is 1. The monoisotopic (exact) mass is 278 g/mol. The second-order valence-corrected chi connectivity index (χ2v) is 3.95. The van der Waals surface area contributed by atoms with Crippen molar-refractivity contribution in [2.24, 2.45) is 5.73 Å². The molecule has 0 aromatic carbocycles. The number of hydrogen-bond donors (Lipinski definition) is 2. The van der Waals surface area contributed by atoms with E-state index in [1.165, 1.54) is 13.2 Å². The van der Waals surface area contributed by atoms with Crippen LogP contribution in [0.1, 0.15) is 6.42 Å². The molecule has 1 aromatic heterocycles. The first-order valence-electron chi connectivity index (χ1n) is 4.78. The lowest BCUT2D eigenvalue weighted by molar-refractivity contribution is -0.117. The maximum atomic E-state index is 11.6. The van der Waals surface area contributed by atoms with Crippen molar-refractivity contribution in [1.29, 1.82) is 0 Å². The molecule has 0 spiro atoms. The van der Waals surface area contributed by atoms with Crippen LogP contribution in [0.25, 0.3) is 0 Å². The van der Waals surface area contributed by atoms with E-state index < -0.39 is 6.04 Å². The molecule has 0 saturated heterocycles. The first-order chi connectivity index (χ1) is 8.02. The van der Waals surface area contributed by atoms with Crippen molar-refractivity contribution in [3.63, 3.8) is 0 Å². The number of nitrogens with two attached hydrogens (primary N) is 1. The second-order valence-electron chi connectivity index (χ2n) is 3.22. The summed E-state index contributed by atoms with van der Waals surface area (Å²) in [7, 11) is 1.54. The lowest BCUT2D eigenvalue weighted by atomic mass is 10.2. The predicted molar refractivity (Wildman–Crippen MR) is 65.2 cm³/mol. The van der Waals surface area contributed by atoms with E-state index in [9.17, 15) is 4.79 Å². The Morgan fingerprint density at radius 2 is 2.29 bits per heavy atom. The molecule has 0 aliphatic rings. The zero-order valence-corrected chi connectivity index (χ0v) is 10.6. The Morgan fingerprint density at radius 1 is 1.59 bits per heavy atom. The normalized spacial score (nSPS) is 12.2. The van der Waals surface area contributed by atoms with Gasteiger partial charge in [-0.1, -0.05) is 11.6 Å². The van der Waals surface area contributed by atoms with Crippen LogP contribution >= 0.6 is 23.2 Å². The van der Waals surface area contributed by atoms with Crippen LogP contribution in [-0.4, -0.2) is 35.6 Å². The Kier molecular flexibility index (Phi) is 5.57. The summed E-state index contributed by atoms with van der Waals surface area (Å²) in [6.07, 6.45) is 0.412. The highest BCUT2D eigenvalue weighted by molar-refractivity contribution is 6.32. The van der Waals surface area contributed by atoms with Crippen LogP contribution in [0.5, 0.6) is 0 Å². The summed E-state index contributed by atoms with van der Waals surface area (Å²) >= 11 is 11.2. The first-order valence-corrected chi connectivity index (χ1v) is 5.54. The fourth-order valence-electron chi connectivity index (χ4n) is 1.05. The Labute approximate surface area is 108 Å². The molecule has 17 heavy (non-hydrogen) atoms. The van der Waals surface area contributed by atoms with Gasteiger partial charge in [-0.3, -0.25) is 4.79 Å². The van der Waals surface area contributed by atoms with Crippen LogP contribution < -0.4 is 11.1 Å².